The van der Waals surface area contributed by atoms with Gasteiger partial charge in [-0.3, -0.25) is 9.80 Å². The highest BCUT2D eigenvalue weighted by Gasteiger charge is 2.41. The van der Waals surface area contributed by atoms with E-state index in [9.17, 15) is 9.59 Å². The van der Waals surface area contributed by atoms with Crippen LogP contribution in [0.4, 0.5) is 9.59 Å². The molecule has 8 rings (SSSR count). The highest BCUT2D eigenvalue weighted by atomic mass is 16.6. The van der Waals surface area contributed by atoms with E-state index < -0.39 is 11.2 Å². The van der Waals surface area contributed by atoms with E-state index in [1.807, 2.05) is 53.8 Å². The lowest BCUT2D eigenvalue weighted by Gasteiger charge is -2.27. The summed E-state index contributed by atoms with van der Waals surface area (Å²) in [5.74, 6) is 2.83. The third-order valence-electron chi connectivity index (χ3n) is 10.5. The number of fused-ring (bicyclic) bond motifs is 6. The molecule has 2 fully saturated rings. The lowest BCUT2D eigenvalue weighted by molar-refractivity contribution is 0.0201. The van der Waals surface area contributed by atoms with Gasteiger partial charge in [0.1, 0.15) is 35.2 Å². The number of benzene rings is 3. The maximum Gasteiger partial charge on any atom is 0.410 e. The molecule has 12 heteroatoms. The van der Waals surface area contributed by atoms with Crippen molar-refractivity contribution in [3.8, 4) is 28.1 Å². The Morgan fingerprint density at radius 1 is 0.870 bits per heavy atom. The van der Waals surface area contributed by atoms with E-state index in [1.54, 1.807) is 16.9 Å². The number of hydrogen-bond acceptors (Lipinski definition) is 8. The molecule has 3 aromatic carbocycles. The zero-order valence-corrected chi connectivity index (χ0v) is 32.4. The fraction of sp³-hybridized carbons (Fsp3) is 0.476. The number of amides is 2. The minimum atomic E-state index is -0.603. The number of H-pyrrole nitrogens is 2. The molecule has 4 atom stereocenters. The molecule has 3 aliphatic rings. The van der Waals surface area contributed by atoms with Crippen molar-refractivity contribution in [2.24, 2.45) is 11.8 Å². The number of aromatic nitrogens is 4. The molecule has 284 valence electrons. The molecular formula is C42H50N6O6. The van der Waals surface area contributed by atoms with Crippen LogP contribution in [0.15, 0.2) is 48.7 Å². The Balaban J connectivity index is 1.07. The van der Waals surface area contributed by atoms with E-state index >= 15 is 0 Å². The molecule has 2 N–H and O–H groups in total. The van der Waals surface area contributed by atoms with Gasteiger partial charge >= 0.3 is 12.2 Å². The molecule has 0 unspecified atom stereocenters. The molecule has 2 saturated heterocycles. The van der Waals surface area contributed by atoms with Crippen molar-refractivity contribution in [1.29, 1.82) is 0 Å². The zero-order valence-electron chi connectivity index (χ0n) is 32.4. The highest BCUT2D eigenvalue weighted by Crippen LogP contribution is 2.44. The van der Waals surface area contributed by atoms with Gasteiger partial charge in [0.2, 0.25) is 0 Å². The smallest absolute Gasteiger partial charge is 0.410 e. The maximum absolute atomic E-state index is 13.3. The molecule has 0 aliphatic carbocycles. The molecule has 0 saturated carbocycles. The summed E-state index contributed by atoms with van der Waals surface area (Å²) in [5, 5.41) is 2.06. The van der Waals surface area contributed by atoms with E-state index in [2.05, 4.69) is 53.3 Å². The van der Waals surface area contributed by atoms with Gasteiger partial charge in [0.25, 0.3) is 0 Å². The first kappa shape index (κ1) is 35.9. The second-order valence-corrected chi connectivity index (χ2v) is 17.2. The molecule has 12 nitrogen and oxygen atoms in total. The van der Waals surface area contributed by atoms with E-state index in [4.69, 9.17) is 28.9 Å². The quantitative estimate of drug-likeness (QED) is 0.183. The van der Waals surface area contributed by atoms with Gasteiger partial charge in [0, 0.05) is 37.1 Å². The Morgan fingerprint density at radius 3 is 2.31 bits per heavy atom. The number of ether oxygens (including phenoxy) is 4. The van der Waals surface area contributed by atoms with Crippen LogP contribution in [0.5, 0.6) is 5.75 Å². The lowest BCUT2D eigenvalue weighted by Crippen LogP contribution is -2.37. The number of rotatable bonds is 5. The summed E-state index contributed by atoms with van der Waals surface area (Å²) in [4.78, 5) is 46.8. The number of hydrogen-bond donors (Lipinski definition) is 2. The molecule has 3 aliphatic heterocycles. The summed E-state index contributed by atoms with van der Waals surface area (Å²) in [6, 6.07) is 14.4. The third kappa shape index (κ3) is 6.87. The summed E-state index contributed by atoms with van der Waals surface area (Å²) in [7, 11) is 1.69. The fourth-order valence-corrected chi connectivity index (χ4v) is 8.18. The molecular weight excluding hydrogens is 684 g/mol. The number of aromatic amines is 2. The first-order valence-corrected chi connectivity index (χ1v) is 18.9. The molecule has 2 aromatic heterocycles. The van der Waals surface area contributed by atoms with Gasteiger partial charge in [0.05, 0.1) is 41.6 Å². The van der Waals surface area contributed by atoms with E-state index in [-0.39, 0.29) is 30.2 Å². The molecule has 2 amide bonds. The Bertz CT molecular complexity index is 2250. The van der Waals surface area contributed by atoms with Crippen molar-refractivity contribution < 1.29 is 28.5 Å². The number of imidazole rings is 2. The van der Waals surface area contributed by atoms with Crippen LogP contribution >= 0.6 is 0 Å². The Labute approximate surface area is 315 Å². The normalized spacial score (nSPS) is 21.3. The zero-order chi connectivity index (χ0) is 38.1. The summed E-state index contributed by atoms with van der Waals surface area (Å²) >= 11 is 0. The Kier molecular flexibility index (Phi) is 8.86. The number of likely N-dealkylation sites (tertiary alicyclic amines) is 2. The van der Waals surface area contributed by atoms with Gasteiger partial charge in [-0.05, 0) is 107 Å². The van der Waals surface area contributed by atoms with E-state index in [0.29, 0.717) is 32.2 Å². The van der Waals surface area contributed by atoms with Crippen LogP contribution in [0.1, 0.15) is 90.6 Å². The van der Waals surface area contributed by atoms with Crippen LogP contribution in [0.25, 0.3) is 44.2 Å². The van der Waals surface area contributed by atoms with Crippen molar-refractivity contribution in [2.75, 3.05) is 26.8 Å². The van der Waals surface area contributed by atoms with Crippen molar-refractivity contribution in [2.45, 2.75) is 91.2 Å². The largest absolute Gasteiger partial charge is 0.488 e. The molecule has 0 spiro atoms. The molecule has 5 aromatic rings. The van der Waals surface area contributed by atoms with Gasteiger partial charge in [0.15, 0.2) is 0 Å². The topological polar surface area (TPSA) is 135 Å². The summed E-state index contributed by atoms with van der Waals surface area (Å²) < 4.78 is 23.4. The van der Waals surface area contributed by atoms with Gasteiger partial charge in [-0.25, -0.2) is 19.6 Å². The monoisotopic (exact) mass is 734 g/mol. The average Bonchev–Trinajstić information content (AvgIpc) is 3.91. The lowest BCUT2D eigenvalue weighted by atomic mass is 9.92. The minimum absolute atomic E-state index is 0.170. The summed E-state index contributed by atoms with van der Waals surface area (Å²) in [5.41, 5.74) is 5.69. The van der Waals surface area contributed by atoms with Crippen LogP contribution in [0.2, 0.25) is 0 Å². The predicted molar refractivity (Wildman–Crippen MR) is 206 cm³/mol. The van der Waals surface area contributed by atoms with Crippen LogP contribution in [0, 0.1) is 11.8 Å². The SMILES string of the molecule is COC[C@H]1C[C@@H](c2nc3ccc4cc5c(cc4c3[nH]2)OCc2cc(-c3cnc([C@@H]4C[C@H](C)CN4C(=O)OC(C)(C)C)[nH]3)ccc2-5)N(C(=O)OC(C)(C)C)C1. The van der Waals surface area contributed by atoms with Crippen LogP contribution < -0.4 is 4.74 Å². The minimum Gasteiger partial charge on any atom is -0.488 e. The maximum atomic E-state index is 13.3. The number of nitrogens with one attached hydrogen (secondary N) is 2. The van der Waals surface area contributed by atoms with Gasteiger partial charge < -0.3 is 28.9 Å². The average molecular weight is 735 g/mol. The van der Waals surface area contributed by atoms with Crippen molar-refractivity contribution in [1.82, 2.24) is 29.7 Å². The highest BCUT2D eigenvalue weighted by molar-refractivity contribution is 6.07. The van der Waals surface area contributed by atoms with Crippen molar-refractivity contribution >= 4 is 34.0 Å². The Morgan fingerprint density at radius 2 is 1.59 bits per heavy atom. The standard InChI is InChI=1S/C42H50N6O6/c1-23-13-33(47(19-23)39(49)53-41(2,3)4)37-43-18-32(45-37)26-9-11-28-27(15-26)22-52-35-17-29-25(16-30(28)35)10-12-31-36(29)46-38(44-31)34-14-24(21-51-8)20-48(34)40(50)54-42(5,6)7/h9-12,15-18,23-24,33-34H,13-14,19-22H2,1-8H3,(H,43,45)(H,44,46)/t23-,24-,33-,34-/m0/s1. The van der Waals surface area contributed by atoms with Crippen LogP contribution in [0.3, 0.4) is 0 Å². The van der Waals surface area contributed by atoms with Gasteiger partial charge in [-0.15, -0.1) is 0 Å². The first-order chi connectivity index (χ1) is 25.6. The molecule has 5 heterocycles. The number of carbonyl (C=O) groups excluding carboxylic acids is 2. The van der Waals surface area contributed by atoms with E-state index in [1.165, 1.54) is 0 Å². The number of carbonyl (C=O) groups is 2. The van der Waals surface area contributed by atoms with Gasteiger partial charge in [-0.1, -0.05) is 25.1 Å². The third-order valence-corrected chi connectivity index (χ3v) is 10.5. The first-order valence-electron chi connectivity index (χ1n) is 18.9. The van der Waals surface area contributed by atoms with E-state index in [0.717, 1.165) is 80.0 Å². The molecule has 54 heavy (non-hydrogen) atoms. The molecule has 0 bridgehead atoms. The second-order valence-electron chi connectivity index (χ2n) is 17.2. The van der Waals surface area contributed by atoms with Crippen LogP contribution in [-0.4, -0.2) is 79.9 Å². The van der Waals surface area contributed by atoms with Crippen LogP contribution in [-0.2, 0) is 20.8 Å². The molecule has 0 radical (unpaired) electrons. The van der Waals surface area contributed by atoms with Gasteiger partial charge in [-0.2, -0.15) is 0 Å². The summed E-state index contributed by atoms with van der Waals surface area (Å²) in [6.45, 7) is 15.6. The predicted octanol–water partition coefficient (Wildman–Crippen LogP) is 8.93. The Hall–Kier alpha value is -5.10. The number of methoxy groups -OCH3 is 1. The fourth-order valence-electron chi connectivity index (χ4n) is 8.18. The van der Waals surface area contributed by atoms with Crippen molar-refractivity contribution in [3.05, 3.63) is 65.9 Å². The summed E-state index contributed by atoms with van der Waals surface area (Å²) in [6.07, 6.45) is 2.74. The van der Waals surface area contributed by atoms with Crippen molar-refractivity contribution in [3.63, 3.8) is 0 Å². The number of nitrogens with zero attached hydrogens (tertiary/aromatic N) is 4. The second kappa shape index (κ2) is 13.3.